The maximum atomic E-state index is 10.0. The molecule has 5 heteroatoms. The second-order valence-electron chi connectivity index (χ2n) is 5.26. The molecule has 0 saturated carbocycles. The topological polar surface area (TPSA) is 65.9 Å². The molecule has 0 radical (unpaired) electrons. The van der Waals surface area contributed by atoms with E-state index in [1.54, 1.807) is 13.2 Å². The summed E-state index contributed by atoms with van der Waals surface area (Å²) in [5, 5.41) is 16.5. The van der Waals surface area contributed by atoms with Gasteiger partial charge in [-0.15, -0.1) is 0 Å². The van der Waals surface area contributed by atoms with Gasteiger partial charge in [0, 0.05) is 19.6 Å². The van der Waals surface area contributed by atoms with Crippen LogP contribution in [0.15, 0.2) is 23.2 Å². The highest BCUT2D eigenvalue weighted by Crippen LogP contribution is 2.29. The molecular weight excluding hydrogens is 266 g/mol. The lowest BCUT2D eigenvalue weighted by molar-refractivity contribution is 0.370. The number of methoxy groups -OCH3 is 1. The SMILES string of the molecule is CCNC(=NCC(C)C)NCCc1cccc(OC)c1O. The Bertz CT molecular complexity index is 459. The van der Waals surface area contributed by atoms with Crippen molar-refractivity contribution in [2.24, 2.45) is 10.9 Å². The van der Waals surface area contributed by atoms with Gasteiger partial charge in [-0.05, 0) is 30.9 Å². The van der Waals surface area contributed by atoms with Crippen molar-refractivity contribution in [3.8, 4) is 11.5 Å². The molecular formula is C16H27N3O2. The van der Waals surface area contributed by atoms with Crippen LogP contribution in [-0.2, 0) is 6.42 Å². The predicted molar refractivity (Wildman–Crippen MR) is 87.2 cm³/mol. The van der Waals surface area contributed by atoms with Gasteiger partial charge in [-0.2, -0.15) is 0 Å². The van der Waals surface area contributed by atoms with Crippen LogP contribution in [-0.4, -0.2) is 37.8 Å². The number of hydrogen-bond acceptors (Lipinski definition) is 3. The molecule has 1 rings (SSSR count). The van der Waals surface area contributed by atoms with Crippen LogP contribution in [0, 0.1) is 5.92 Å². The van der Waals surface area contributed by atoms with Crippen LogP contribution >= 0.6 is 0 Å². The van der Waals surface area contributed by atoms with E-state index in [0.29, 0.717) is 24.6 Å². The summed E-state index contributed by atoms with van der Waals surface area (Å²) >= 11 is 0. The highest BCUT2D eigenvalue weighted by Gasteiger charge is 2.07. The van der Waals surface area contributed by atoms with Crippen molar-refractivity contribution < 1.29 is 9.84 Å². The molecule has 0 bridgehead atoms. The number of rotatable bonds is 7. The third kappa shape index (κ3) is 5.94. The van der Waals surface area contributed by atoms with Crippen molar-refractivity contribution in [3.63, 3.8) is 0 Å². The second-order valence-corrected chi connectivity index (χ2v) is 5.26. The van der Waals surface area contributed by atoms with Crippen molar-refractivity contribution in [3.05, 3.63) is 23.8 Å². The van der Waals surface area contributed by atoms with Gasteiger partial charge in [-0.1, -0.05) is 26.0 Å². The Morgan fingerprint density at radius 1 is 1.33 bits per heavy atom. The predicted octanol–water partition coefficient (Wildman–Crippen LogP) is 2.15. The van der Waals surface area contributed by atoms with Crippen molar-refractivity contribution in [2.45, 2.75) is 27.2 Å². The zero-order valence-electron chi connectivity index (χ0n) is 13.4. The van der Waals surface area contributed by atoms with E-state index >= 15 is 0 Å². The molecule has 0 spiro atoms. The number of para-hydroxylation sites is 1. The van der Waals surface area contributed by atoms with E-state index in [9.17, 15) is 5.11 Å². The van der Waals surface area contributed by atoms with Gasteiger partial charge in [-0.3, -0.25) is 4.99 Å². The molecule has 1 aromatic rings. The Morgan fingerprint density at radius 3 is 2.71 bits per heavy atom. The Labute approximate surface area is 127 Å². The molecule has 0 aliphatic carbocycles. The van der Waals surface area contributed by atoms with Crippen LogP contribution in [0.3, 0.4) is 0 Å². The fourth-order valence-corrected chi connectivity index (χ4v) is 1.87. The van der Waals surface area contributed by atoms with Crippen LogP contribution < -0.4 is 15.4 Å². The number of guanidine groups is 1. The number of hydrogen-bond donors (Lipinski definition) is 3. The Balaban J connectivity index is 2.56. The zero-order chi connectivity index (χ0) is 15.7. The molecule has 0 unspecified atom stereocenters. The van der Waals surface area contributed by atoms with Crippen molar-refractivity contribution in [1.82, 2.24) is 10.6 Å². The first kappa shape index (κ1) is 17.1. The van der Waals surface area contributed by atoms with Crippen LogP contribution in [0.2, 0.25) is 0 Å². The van der Waals surface area contributed by atoms with Gasteiger partial charge in [0.05, 0.1) is 7.11 Å². The Hall–Kier alpha value is -1.91. The first-order valence-electron chi connectivity index (χ1n) is 7.45. The lowest BCUT2D eigenvalue weighted by Crippen LogP contribution is -2.38. The van der Waals surface area contributed by atoms with Gasteiger partial charge in [0.2, 0.25) is 0 Å². The Morgan fingerprint density at radius 2 is 2.10 bits per heavy atom. The maximum Gasteiger partial charge on any atom is 0.191 e. The van der Waals surface area contributed by atoms with E-state index in [-0.39, 0.29) is 5.75 Å². The van der Waals surface area contributed by atoms with E-state index < -0.39 is 0 Å². The largest absolute Gasteiger partial charge is 0.504 e. The van der Waals surface area contributed by atoms with E-state index in [4.69, 9.17) is 4.74 Å². The number of ether oxygens (including phenoxy) is 1. The highest BCUT2D eigenvalue weighted by molar-refractivity contribution is 5.79. The Kier molecular flexibility index (Phi) is 7.43. The summed E-state index contributed by atoms with van der Waals surface area (Å²) < 4.78 is 5.11. The normalized spacial score (nSPS) is 11.6. The summed E-state index contributed by atoms with van der Waals surface area (Å²) in [6.07, 6.45) is 0.703. The summed E-state index contributed by atoms with van der Waals surface area (Å²) in [4.78, 5) is 4.51. The monoisotopic (exact) mass is 293 g/mol. The van der Waals surface area contributed by atoms with Gasteiger partial charge < -0.3 is 20.5 Å². The number of phenolic OH excluding ortho intramolecular Hbond substituents is 1. The fourth-order valence-electron chi connectivity index (χ4n) is 1.87. The highest BCUT2D eigenvalue weighted by atomic mass is 16.5. The number of benzene rings is 1. The van der Waals surface area contributed by atoms with Crippen molar-refractivity contribution >= 4 is 5.96 Å². The molecule has 0 fully saturated rings. The van der Waals surface area contributed by atoms with Crippen molar-refractivity contribution in [1.29, 1.82) is 0 Å². The molecule has 3 N–H and O–H groups in total. The molecule has 5 nitrogen and oxygen atoms in total. The minimum absolute atomic E-state index is 0.214. The van der Waals surface area contributed by atoms with Crippen LogP contribution in [0.5, 0.6) is 11.5 Å². The first-order chi connectivity index (χ1) is 10.1. The van der Waals surface area contributed by atoms with Gasteiger partial charge in [0.25, 0.3) is 0 Å². The standard InChI is InChI=1S/C16H27N3O2/c1-5-17-16(19-11-12(2)3)18-10-9-13-7-6-8-14(21-4)15(13)20/h6-8,12,20H,5,9-11H2,1-4H3,(H2,17,18,19). The van der Waals surface area contributed by atoms with Crippen LogP contribution in [0.25, 0.3) is 0 Å². The average molecular weight is 293 g/mol. The molecule has 0 aliphatic heterocycles. The molecule has 0 amide bonds. The maximum absolute atomic E-state index is 10.0. The molecule has 118 valence electrons. The number of aliphatic imine (C=N–C) groups is 1. The quantitative estimate of drug-likeness (QED) is 0.532. The smallest absolute Gasteiger partial charge is 0.191 e. The van der Waals surface area contributed by atoms with E-state index in [1.807, 2.05) is 19.1 Å². The molecule has 1 aromatic carbocycles. The number of aromatic hydroxyl groups is 1. The summed E-state index contributed by atoms with van der Waals surface area (Å²) in [5.41, 5.74) is 0.863. The van der Waals surface area contributed by atoms with Crippen LogP contribution in [0.4, 0.5) is 0 Å². The lowest BCUT2D eigenvalue weighted by Gasteiger charge is -2.13. The van der Waals surface area contributed by atoms with E-state index in [0.717, 1.165) is 24.6 Å². The summed E-state index contributed by atoms with van der Waals surface area (Å²) in [6, 6.07) is 5.53. The number of nitrogens with zero attached hydrogens (tertiary/aromatic N) is 1. The molecule has 0 atom stereocenters. The summed E-state index contributed by atoms with van der Waals surface area (Å²) in [7, 11) is 1.55. The van der Waals surface area contributed by atoms with Crippen molar-refractivity contribution in [2.75, 3.05) is 26.7 Å². The van der Waals surface area contributed by atoms with Gasteiger partial charge in [0.1, 0.15) is 0 Å². The third-order valence-electron chi connectivity index (χ3n) is 2.95. The molecule has 0 aromatic heterocycles. The number of nitrogens with one attached hydrogen (secondary N) is 2. The molecule has 0 heterocycles. The summed E-state index contributed by atoms with van der Waals surface area (Å²) in [6.45, 7) is 8.64. The third-order valence-corrected chi connectivity index (χ3v) is 2.95. The minimum atomic E-state index is 0.214. The molecule has 21 heavy (non-hydrogen) atoms. The van der Waals surface area contributed by atoms with E-state index in [2.05, 4.69) is 29.5 Å². The van der Waals surface area contributed by atoms with Gasteiger partial charge in [0.15, 0.2) is 17.5 Å². The average Bonchev–Trinajstić information content (AvgIpc) is 2.46. The number of phenols is 1. The van der Waals surface area contributed by atoms with Gasteiger partial charge in [-0.25, -0.2) is 0 Å². The summed E-state index contributed by atoms with van der Waals surface area (Å²) in [5.74, 6) is 2.07. The fraction of sp³-hybridized carbons (Fsp3) is 0.562. The molecule has 0 aliphatic rings. The van der Waals surface area contributed by atoms with Gasteiger partial charge >= 0.3 is 0 Å². The molecule has 0 saturated heterocycles. The lowest BCUT2D eigenvalue weighted by atomic mass is 10.1. The first-order valence-corrected chi connectivity index (χ1v) is 7.45. The van der Waals surface area contributed by atoms with E-state index in [1.165, 1.54) is 0 Å². The zero-order valence-corrected chi connectivity index (χ0v) is 13.4. The second kappa shape index (κ2) is 9.10. The minimum Gasteiger partial charge on any atom is -0.504 e. The van der Waals surface area contributed by atoms with Crippen LogP contribution in [0.1, 0.15) is 26.3 Å².